The smallest absolute Gasteiger partial charge is 0.319 e. The minimum atomic E-state index is -0.388. The maximum atomic E-state index is 12.2. The summed E-state index contributed by atoms with van der Waals surface area (Å²) in [6.45, 7) is 0.174. The summed E-state index contributed by atoms with van der Waals surface area (Å²) >= 11 is 9.56. The number of nitrogens with zero attached hydrogens (tertiary/aromatic N) is 3. The summed E-state index contributed by atoms with van der Waals surface area (Å²) in [5, 5.41) is 12.6. The summed E-state index contributed by atoms with van der Waals surface area (Å²) in [4.78, 5) is 28.0. The number of rotatable bonds is 6. The molecule has 1 heterocycles. The van der Waals surface area contributed by atoms with Gasteiger partial charge in [0.15, 0.2) is 0 Å². The Hall–Kier alpha value is -2.91. The molecule has 0 fully saturated rings. The number of para-hydroxylation sites is 1. The fourth-order valence-electron chi connectivity index (χ4n) is 2.38. The molecule has 1 aromatic heterocycles. The fourth-order valence-corrected chi connectivity index (χ4v) is 2.91. The predicted octanol–water partition coefficient (Wildman–Crippen LogP) is 3.83. The summed E-state index contributed by atoms with van der Waals surface area (Å²) in [5.41, 5.74) is 1.68. The van der Waals surface area contributed by atoms with Gasteiger partial charge in [0.1, 0.15) is 18.3 Å². The van der Waals surface area contributed by atoms with Gasteiger partial charge in [-0.1, -0.05) is 33.6 Å². The van der Waals surface area contributed by atoms with Gasteiger partial charge in [-0.3, -0.25) is 4.79 Å². The lowest BCUT2D eigenvalue weighted by Gasteiger charge is -2.12. The zero-order chi connectivity index (χ0) is 19.9. The number of halogens is 2. The topological polar surface area (TPSA) is 101 Å². The molecule has 3 aromatic rings. The van der Waals surface area contributed by atoms with Gasteiger partial charge >= 0.3 is 6.03 Å². The van der Waals surface area contributed by atoms with Crippen LogP contribution in [0.1, 0.15) is 6.42 Å². The highest BCUT2D eigenvalue weighted by molar-refractivity contribution is 9.10. The molecular formula is C18H16BrClN6O2. The number of anilines is 2. The van der Waals surface area contributed by atoms with Gasteiger partial charge in [-0.05, 0) is 36.4 Å². The normalized spacial score (nSPS) is 10.4. The number of amides is 3. The first-order valence-electron chi connectivity index (χ1n) is 8.27. The summed E-state index contributed by atoms with van der Waals surface area (Å²) < 4.78 is 2.39. The van der Waals surface area contributed by atoms with Crippen molar-refractivity contribution in [3.63, 3.8) is 0 Å². The van der Waals surface area contributed by atoms with Crippen molar-refractivity contribution in [2.75, 3.05) is 17.2 Å². The van der Waals surface area contributed by atoms with Gasteiger partial charge in [-0.2, -0.15) is 5.10 Å². The van der Waals surface area contributed by atoms with Gasteiger partial charge in [0.25, 0.3) is 0 Å². The Bertz CT molecular complexity index is 963. The van der Waals surface area contributed by atoms with E-state index >= 15 is 0 Å². The van der Waals surface area contributed by atoms with E-state index in [-0.39, 0.29) is 24.9 Å². The van der Waals surface area contributed by atoms with E-state index in [0.717, 1.165) is 4.47 Å². The molecule has 0 saturated heterocycles. The number of hydrogen-bond acceptors (Lipinski definition) is 4. The molecular weight excluding hydrogens is 448 g/mol. The average molecular weight is 464 g/mol. The minimum absolute atomic E-state index is 0.0943. The number of carbonyl (C=O) groups excluding carboxylic acids is 2. The van der Waals surface area contributed by atoms with Gasteiger partial charge < -0.3 is 16.0 Å². The third-order valence-electron chi connectivity index (χ3n) is 3.65. The van der Waals surface area contributed by atoms with E-state index in [1.54, 1.807) is 30.3 Å². The minimum Gasteiger partial charge on any atom is -0.337 e. The van der Waals surface area contributed by atoms with Crippen LogP contribution in [0.15, 0.2) is 59.6 Å². The zero-order valence-electron chi connectivity index (χ0n) is 14.5. The molecule has 144 valence electrons. The Kier molecular flexibility index (Phi) is 6.62. The molecule has 3 N–H and O–H groups in total. The molecule has 0 aliphatic heterocycles. The number of benzene rings is 2. The van der Waals surface area contributed by atoms with E-state index in [1.807, 2.05) is 12.1 Å². The second-order valence-corrected chi connectivity index (χ2v) is 6.98. The van der Waals surface area contributed by atoms with Crippen LogP contribution in [0.25, 0.3) is 5.69 Å². The van der Waals surface area contributed by atoms with Crippen LogP contribution in [-0.4, -0.2) is 33.2 Å². The molecule has 0 radical (unpaired) electrons. The van der Waals surface area contributed by atoms with Gasteiger partial charge in [0.2, 0.25) is 5.91 Å². The standard InChI is InChI=1S/C18H16BrClN6O2/c19-12-4-6-13(7-5-12)24-18(28)22-9-8-16(27)25-15-3-1-2-14(20)17(15)26-11-21-10-23-26/h1-7,10-11H,8-9H2,(H,25,27)(H2,22,24,28). The van der Waals surface area contributed by atoms with Crippen molar-refractivity contribution in [3.05, 3.63) is 64.6 Å². The SMILES string of the molecule is O=C(CCNC(=O)Nc1ccc(Br)cc1)Nc1cccc(Cl)c1-n1cncn1. The van der Waals surface area contributed by atoms with E-state index in [9.17, 15) is 9.59 Å². The van der Waals surface area contributed by atoms with Crippen LogP contribution in [0.3, 0.4) is 0 Å². The first kappa shape index (κ1) is 19.8. The molecule has 3 rings (SSSR count). The Balaban J connectivity index is 1.52. The molecule has 0 aliphatic carbocycles. The van der Waals surface area contributed by atoms with Crippen molar-refractivity contribution < 1.29 is 9.59 Å². The average Bonchev–Trinajstić information content (AvgIpc) is 3.18. The molecule has 0 spiro atoms. The second-order valence-electron chi connectivity index (χ2n) is 5.66. The molecule has 8 nitrogen and oxygen atoms in total. The Morgan fingerprint density at radius 3 is 2.61 bits per heavy atom. The van der Waals surface area contributed by atoms with Crippen LogP contribution in [0, 0.1) is 0 Å². The van der Waals surface area contributed by atoms with Crippen LogP contribution in [-0.2, 0) is 4.79 Å². The first-order chi connectivity index (χ1) is 13.5. The molecule has 0 saturated carbocycles. The van der Waals surface area contributed by atoms with Crippen molar-refractivity contribution >= 4 is 50.8 Å². The highest BCUT2D eigenvalue weighted by Gasteiger charge is 2.13. The largest absolute Gasteiger partial charge is 0.337 e. The van der Waals surface area contributed by atoms with Crippen LogP contribution in [0.4, 0.5) is 16.2 Å². The van der Waals surface area contributed by atoms with Crippen molar-refractivity contribution in [1.82, 2.24) is 20.1 Å². The lowest BCUT2D eigenvalue weighted by Crippen LogP contribution is -2.31. The van der Waals surface area contributed by atoms with Crippen LogP contribution in [0.5, 0.6) is 0 Å². The van der Waals surface area contributed by atoms with Gasteiger partial charge in [-0.15, -0.1) is 0 Å². The van der Waals surface area contributed by atoms with E-state index in [4.69, 9.17) is 11.6 Å². The van der Waals surface area contributed by atoms with Gasteiger partial charge in [0, 0.05) is 23.1 Å². The predicted molar refractivity (Wildman–Crippen MR) is 111 cm³/mol. The van der Waals surface area contributed by atoms with Crippen molar-refractivity contribution in [3.8, 4) is 5.69 Å². The third kappa shape index (κ3) is 5.30. The van der Waals surface area contributed by atoms with Crippen LogP contribution >= 0.6 is 27.5 Å². The lowest BCUT2D eigenvalue weighted by molar-refractivity contribution is -0.116. The van der Waals surface area contributed by atoms with Crippen molar-refractivity contribution in [2.45, 2.75) is 6.42 Å². The highest BCUT2D eigenvalue weighted by Crippen LogP contribution is 2.27. The van der Waals surface area contributed by atoms with Gasteiger partial charge in [-0.25, -0.2) is 14.5 Å². The molecule has 0 bridgehead atoms. The summed E-state index contributed by atoms with van der Waals surface area (Å²) in [6, 6.07) is 11.9. The zero-order valence-corrected chi connectivity index (χ0v) is 16.9. The first-order valence-corrected chi connectivity index (χ1v) is 9.44. The number of carbonyl (C=O) groups is 2. The summed E-state index contributed by atoms with van der Waals surface area (Å²) in [6.07, 6.45) is 2.96. The van der Waals surface area contributed by atoms with E-state index in [0.29, 0.717) is 22.1 Å². The molecule has 0 atom stereocenters. The fraction of sp³-hybridized carbons (Fsp3) is 0.111. The van der Waals surface area contributed by atoms with Crippen LogP contribution < -0.4 is 16.0 Å². The molecule has 28 heavy (non-hydrogen) atoms. The van der Waals surface area contributed by atoms with E-state index in [1.165, 1.54) is 17.3 Å². The molecule has 2 aromatic carbocycles. The van der Waals surface area contributed by atoms with Crippen molar-refractivity contribution in [2.24, 2.45) is 0 Å². The van der Waals surface area contributed by atoms with Crippen LogP contribution in [0.2, 0.25) is 5.02 Å². The molecule has 10 heteroatoms. The van der Waals surface area contributed by atoms with Gasteiger partial charge in [0.05, 0.1) is 10.7 Å². The summed E-state index contributed by atoms with van der Waals surface area (Å²) in [7, 11) is 0. The second kappa shape index (κ2) is 9.34. The molecule has 0 aliphatic rings. The van der Waals surface area contributed by atoms with E-state index < -0.39 is 0 Å². The Morgan fingerprint density at radius 2 is 1.89 bits per heavy atom. The van der Waals surface area contributed by atoms with Crippen molar-refractivity contribution in [1.29, 1.82) is 0 Å². The molecule has 3 amide bonds. The lowest BCUT2D eigenvalue weighted by atomic mass is 10.2. The number of nitrogens with one attached hydrogen (secondary N) is 3. The quantitative estimate of drug-likeness (QED) is 0.517. The highest BCUT2D eigenvalue weighted by atomic mass is 79.9. The third-order valence-corrected chi connectivity index (χ3v) is 4.48. The van der Waals surface area contributed by atoms with E-state index in [2.05, 4.69) is 42.0 Å². The Labute approximate surface area is 174 Å². The number of aromatic nitrogens is 3. The number of urea groups is 1. The molecule has 0 unspecified atom stereocenters. The Morgan fingerprint density at radius 1 is 1.11 bits per heavy atom. The number of hydrogen-bond donors (Lipinski definition) is 3. The monoisotopic (exact) mass is 462 g/mol. The maximum Gasteiger partial charge on any atom is 0.319 e. The maximum absolute atomic E-state index is 12.2. The summed E-state index contributed by atoms with van der Waals surface area (Å²) in [5.74, 6) is -0.271.